The van der Waals surface area contributed by atoms with Crippen molar-refractivity contribution >= 4 is 24.2 Å². The molecule has 0 saturated carbocycles. The van der Waals surface area contributed by atoms with Crippen molar-refractivity contribution in [1.29, 1.82) is 0 Å². The van der Waals surface area contributed by atoms with Crippen LogP contribution in [-0.2, 0) is 0 Å². The number of nitrogens with zero attached hydrogens (tertiary/aromatic N) is 1. The minimum absolute atomic E-state index is 0.379. The third-order valence-electron chi connectivity index (χ3n) is 1.75. The molecule has 0 aromatic heterocycles. The summed E-state index contributed by atoms with van der Waals surface area (Å²) in [5.41, 5.74) is -1.18. The Morgan fingerprint density at radius 3 is 2.40 bits per heavy atom. The van der Waals surface area contributed by atoms with E-state index >= 15 is 0 Å². The van der Waals surface area contributed by atoms with Crippen LogP contribution in [0.15, 0.2) is 18.2 Å². The van der Waals surface area contributed by atoms with E-state index in [1.807, 2.05) is 0 Å². The Labute approximate surface area is 83.9 Å². The van der Waals surface area contributed by atoms with Crippen molar-refractivity contribution in [3.63, 3.8) is 0 Å². The van der Waals surface area contributed by atoms with Crippen molar-refractivity contribution in [2.24, 2.45) is 0 Å². The third-order valence-corrected chi connectivity index (χ3v) is 1.75. The first-order chi connectivity index (χ1) is 6.93. The molecule has 3 N–H and O–H groups in total. The largest absolute Gasteiger partial charge is 0.489 e. The van der Waals surface area contributed by atoms with Crippen LogP contribution in [0.3, 0.4) is 0 Å². The number of nitro benzene ring substituents is 1. The summed E-state index contributed by atoms with van der Waals surface area (Å²) in [4.78, 5) is 20.2. The van der Waals surface area contributed by atoms with Gasteiger partial charge < -0.3 is 15.2 Å². The van der Waals surface area contributed by atoms with Gasteiger partial charge in [0.1, 0.15) is 0 Å². The van der Waals surface area contributed by atoms with E-state index in [0.717, 1.165) is 18.2 Å². The Balaban J connectivity index is 3.33. The fourth-order valence-corrected chi connectivity index (χ4v) is 1.07. The Kier molecular flexibility index (Phi) is 3.03. The second-order valence-electron chi connectivity index (χ2n) is 2.71. The molecule has 78 valence electrons. The van der Waals surface area contributed by atoms with Crippen LogP contribution in [0.1, 0.15) is 10.4 Å². The zero-order chi connectivity index (χ0) is 11.6. The Morgan fingerprint density at radius 2 is 2.00 bits per heavy atom. The molecule has 1 rings (SSSR count). The number of hydrogen-bond acceptors (Lipinski definition) is 5. The Bertz CT molecular complexity index is 418. The molecule has 1 aromatic rings. The fourth-order valence-electron chi connectivity index (χ4n) is 1.07. The fraction of sp³-hybridized carbons (Fsp3) is 0. The minimum atomic E-state index is -2.06. The molecule has 0 atom stereocenters. The monoisotopic (exact) mass is 211 g/mol. The summed E-state index contributed by atoms with van der Waals surface area (Å²) in [7, 11) is -2.06. The van der Waals surface area contributed by atoms with E-state index in [2.05, 4.69) is 0 Å². The van der Waals surface area contributed by atoms with Gasteiger partial charge in [0.2, 0.25) is 0 Å². The first kappa shape index (κ1) is 11.2. The van der Waals surface area contributed by atoms with E-state index in [1.54, 1.807) is 0 Å². The van der Waals surface area contributed by atoms with Crippen molar-refractivity contribution in [2.75, 3.05) is 0 Å². The van der Waals surface area contributed by atoms with Gasteiger partial charge in [-0.05, 0) is 6.07 Å². The van der Waals surface area contributed by atoms with E-state index in [1.165, 1.54) is 0 Å². The summed E-state index contributed by atoms with van der Waals surface area (Å²) in [6, 6.07) is 2.75. The summed E-state index contributed by atoms with van der Waals surface area (Å²) in [5.74, 6) is -1.38. The highest BCUT2D eigenvalue weighted by Crippen LogP contribution is 2.10. The van der Waals surface area contributed by atoms with Gasteiger partial charge in [0.15, 0.2) is 0 Å². The van der Waals surface area contributed by atoms with Gasteiger partial charge >= 0.3 is 13.1 Å². The van der Waals surface area contributed by atoms with Crippen LogP contribution in [0.4, 0.5) is 5.69 Å². The summed E-state index contributed by atoms with van der Waals surface area (Å²) in [5, 5.41) is 36.7. The molecule has 1 aromatic carbocycles. The number of carbonyl (C=O) groups is 1. The molecule has 0 bridgehead atoms. The van der Waals surface area contributed by atoms with Gasteiger partial charge in [-0.3, -0.25) is 10.1 Å². The first-order valence-corrected chi connectivity index (χ1v) is 3.81. The molecule has 0 aliphatic heterocycles. The number of carboxylic acids is 1. The quantitative estimate of drug-likeness (QED) is 0.334. The predicted octanol–water partition coefficient (Wildman–Crippen LogP) is -1.03. The zero-order valence-corrected chi connectivity index (χ0v) is 7.32. The molecular formula is C7H6BNO6. The first-order valence-electron chi connectivity index (χ1n) is 3.81. The third kappa shape index (κ3) is 2.30. The van der Waals surface area contributed by atoms with Gasteiger partial charge in [-0.1, -0.05) is 0 Å². The van der Waals surface area contributed by atoms with E-state index in [-0.39, 0.29) is 5.56 Å². The predicted molar refractivity (Wildman–Crippen MR) is 49.9 cm³/mol. The molecule has 0 spiro atoms. The molecule has 0 aliphatic rings. The van der Waals surface area contributed by atoms with Crippen LogP contribution in [0.5, 0.6) is 0 Å². The van der Waals surface area contributed by atoms with E-state index < -0.39 is 29.2 Å². The SMILES string of the molecule is O=C(O)c1ccc([N+](=O)[O-])cc1B(O)O. The van der Waals surface area contributed by atoms with E-state index in [9.17, 15) is 14.9 Å². The maximum Gasteiger partial charge on any atom is 0.489 e. The summed E-state index contributed by atoms with van der Waals surface area (Å²) in [6.45, 7) is 0. The topological polar surface area (TPSA) is 121 Å². The lowest BCUT2D eigenvalue weighted by Crippen LogP contribution is -2.34. The van der Waals surface area contributed by atoms with Crippen LogP contribution >= 0.6 is 0 Å². The van der Waals surface area contributed by atoms with E-state index in [4.69, 9.17) is 15.2 Å². The number of non-ortho nitro benzene ring substituents is 1. The van der Waals surface area contributed by atoms with Crippen LogP contribution in [0.2, 0.25) is 0 Å². The molecule has 8 heteroatoms. The highest BCUT2D eigenvalue weighted by molar-refractivity contribution is 6.60. The van der Waals surface area contributed by atoms with Gasteiger partial charge in [-0.15, -0.1) is 0 Å². The van der Waals surface area contributed by atoms with Crippen molar-refractivity contribution < 1.29 is 24.9 Å². The van der Waals surface area contributed by atoms with Gasteiger partial charge in [-0.2, -0.15) is 0 Å². The smallest absolute Gasteiger partial charge is 0.478 e. The number of benzene rings is 1. The minimum Gasteiger partial charge on any atom is -0.478 e. The van der Waals surface area contributed by atoms with Crippen LogP contribution in [0, 0.1) is 10.1 Å². The number of carboxylic acid groups (broad SMARTS) is 1. The standard InChI is InChI=1S/C7H6BNO6/c10-7(11)5-2-1-4(9(14)15)3-6(5)8(12)13/h1-3,12-13H,(H,10,11). The average Bonchev–Trinajstić information content (AvgIpc) is 2.16. The van der Waals surface area contributed by atoms with Crippen LogP contribution < -0.4 is 5.46 Å². The number of nitro groups is 1. The highest BCUT2D eigenvalue weighted by atomic mass is 16.6. The van der Waals surface area contributed by atoms with Gasteiger partial charge in [0.25, 0.3) is 5.69 Å². The Hall–Kier alpha value is -1.93. The molecule has 0 aliphatic carbocycles. The number of hydrogen-bond donors (Lipinski definition) is 3. The lowest BCUT2D eigenvalue weighted by molar-refractivity contribution is -0.384. The molecule has 0 saturated heterocycles. The summed E-state index contributed by atoms with van der Waals surface area (Å²) in [6.07, 6.45) is 0. The zero-order valence-electron chi connectivity index (χ0n) is 7.32. The van der Waals surface area contributed by atoms with Crippen molar-refractivity contribution in [3.8, 4) is 0 Å². The average molecular weight is 211 g/mol. The van der Waals surface area contributed by atoms with Crippen LogP contribution in [-0.4, -0.2) is 33.2 Å². The van der Waals surface area contributed by atoms with Gasteiger partial charge in [0, 0.05) is 17.6 Å². The molecular weight excluding hydrogens is 205 g/mol. The van der Waals surface area contributed by atoms with Crippen molar-refractivity contribution in [2.45, 2.75) is 0 Å². The van der Waals surface area contributed by atoms with Gasteiger partial charge in [-0.25, -0.2) is 4.79 Å². The van der Waals surface area contributed by atoms with E-state index in [0.29, 0.717) is 0 Å². The highest BCUT2D eigenvalue weighted by Gasteiger charge is 2.23. The molecule has 0 heterocycles. The second kappa shape index (κ2) is 4.07. The Morgan fingerprint density at radius 1 is 1.40 bits per heavy atom. The molecule has 0 unspecified atom stereocenters. The normalized spacial score (nSPS) is 9.73. The summed E-state index contributed by atoms with van der Waals surface area (Å²) < 4.78 is 0. The number of aromatic carboxylic acids is 1. The van der Waals surface area contributed by atoms with Gasteiger partial charge in [0.05, 0.1) is 10.5 Å². The summed E-state index contributed by atoms with van der Waals surface area (Å²) >= 11 is 0. The number of rotatable bonds is 3. The lowest BCUT2D eigenvalue weighted by atomic mass is 9.77. The lowest BCUT2D eigenvalue weighted by Gasteiger charge is -2.03. The molecule has 0 amide bonds. The van der Waals surface area contributed by atoms with Crippen LogP contribution in [0.25, 0.3) is 0 Å². The molecule has 0 fully saturated rings. The maximum absolute atomic E-state index is 10.6. The molecule has 15 heavy (non-hydrogen) atoms. The van der Waals surface area contributed by atoms with Crippen molar-refractivity contribution in [1.82, 2.24) is 0 Å². The second-order valence-corrected chi connectivity index (χ2v) is 2.71. The maximum atomic E-state index is 10.6. The molecule has 7 nitrogen and oxygen atoms in total. The van der Waals surface area contributed by atoms with Crippen molar-refractivity contribution in [3.05, 3.63) is 33.9 Å². The molecule has 0 radical (unpaired) electrons.